The molecule has 3 aromatic rings. The van der Waals surface area contributed by atoms with Gasteiger partial charge in [-0.05, 0) is 41.1 Å². The summed E-state index contributed by atoms with van der Waals surface area (Å²) in [5, 5.41) is 2.28. The Labute approximate surface area is 117 Å². The molecule has 0 aliphatic rings. The van der Waals surface area contributed by atoms with Gasteiger partial charge in [0.1, 0.15) is 11.6 Å². The summed E-state index contributed by atoms with van der Waals surface area (Å²) in [6.45, 7) is 0. The number of halogens is 1. The van der Waals surface area contributed by atoms with Gasteiger partial charge in [-0.25, -0.2) is 4.39 Å². The van der Waals surface area contributed by atoms with Gasteiger partial charge in [-0.1, -0.05) is 42.5 Å². The lowest BCUT2D eigenvalue weighted by Crippen LogP contribution is -1.92. The van der Waals surface area contributed by atoms with E-state index in [0.29, 0.717) is 0 Å². The van der Waals surface area contributed by atoms with Crippen molar-refractivity contribution >= 4 is 10.8 Å². The third-order valence-electron chi connectivity index (χ3n) is 3.50. The second kappa shape index (κ2) is 5.33. The van der Waals surface area contributed by atoms with E-state index in [-0.39, 0.29) is 5.82 Å². The van der Waals surface area contributed by atoms with Gasteiger partial charge < -0.3 is 4.74 Å². The van der Waals surface area contributed by atoms with E-state index in [1.54, 1.807) is 7.11 Å². The molecule has 0 heterocycles. The van der Waals surface area contributed by atoms with Crippen molar-refractivity contribution in [3.63, 3.8) is 0 Å². The van der Waals surface area contributed by atoms with Crippen molar-refractivity contribution in [2.75, 3.05) is 7.11 Å². The third-order valence-corrected chi connectivity index (χ3v) is 3.50. The summed E-state index contributed by atoms with van der Waals surface area (Å²) >= 11 is 0. The zero-order valence-electron chi connectivity index (χ0n) is 11.3. The molecule has 1 nitrogen and oxygen atoms in total. The average molecular weight is 266 g/mol. The van der Waals surface area contributed by atoms with Crippen LogP contribution in [0.15, 0.2) is 60.7 Å². The number of benzene rings is 3. The molecule has 0 aromatic heterocycles. The van der Waals surface area contributed by atoms with Crippen molar-refractivity contribution in [2.24, 2.45) is 0 Å². The molecule has 2 heteroatoms. The second-order valence-corrected chi connectivity index (χ2v) is 4.78. The lowest BCUT2D eigenvalue weighted by atomic mass is 9.98. The fraction of sp³-hybridized carbons (Fsp3) is 0.111. The molecule has 0 atom stereocenters. The Morgan fingerprint density at radius 3 is 2.25 bits per heavy atom. The summed E-state index contributed by atoms with van der Waals surface area (Å²) in [6, 6.07) is 18.9. The van der Waals surface area contributed by atoms with Gasteiger partial charge in [-0.3, -0.25) is 0 Å². The van der Waals surface area contributed by atoms with Crippen molar-refractivity contribution < 1.29 is 9.13 Å². The lowest BCUT2D eigenvalue weighted by molar-refractivity contribution is 0.419. The average Bonchev–Trinajstić information content (AvgIpc) is 2.50. The predicted molar refractivity (Wildman–Crippen MR) is 79.7 cm³/mol. The molecule has 0 radical (unpaired) electrons. The van der Waals surface area contributed by atoms with Crippen molar-refractivity contribution in [1.82, 2.24) is 0 Å². The van der Waals surface area contributed by atoms with Crippen LogP contribution >= 0.6 is 0 Å². The molecule has 0 unspecified atom stereocenters. The molecule has 0 spiro atoms. The Morgan fingerprint density at radius 1 is 0.850 bits per heavy atom. The van der Waals surface area contributed by atoms with Crippen LogP contribution in [0.4, 0.5) is 4.39 Å². The van der Waals surface area contributed by atoms with Crippen molar-refractivity contribution in [3.05, 3.63) is 77.6 Å². The minimum Gasteiger partial charge on any atom is -0.496 e. The van der Waals surface area contributed by atoms with E-state index in [1.165, 1.54) is 23.1 Å². The smallest absolute Gasteiger partial charge is 0.126 e. The highest BCUT2D eigenvalue weighted by atomic mass is 19.1. The summed E-state index contributed by atoms with van der Waals surface area (Å²) in [5.74, 6) is 0.678. The maximum atomic E-state index is 13.0. The Hall–Kier alpha value is -2.35. The van der Waals surface area contributed by atoms with Crippen LogP contribution in [0.1, 0.15) is 11.1 Å². The fourth-order valence-corrected chi connectivity index (χ4v) is 2.49. The molecular weight excluding hydrogens is 251 g/mol. The van der Waals surface area contributed by atoms with Crippen LogP contribution in [0.2, 0.25) is 0 Å². The molecule has 0 aliphatic carbocycles. The van der Waals surface area contributed by atoms with E-state index < -0.39 is 0 Å². The number of fused-ring (bicyclic) bond motifs is 1. The molecule has 0 aliphatic heterocycles. The number of methoxy groups -OCH3 is 1. The van der Waals surface area contributed by atoms with Gasteiger partial charge in [0, 0.05) is 5.39 Å². The molecular formula is C18H15FO. The number of rotatable bonds is 3. The number of hydrogen-bond acceptors (Lipinski definition) is 1. The van der Waals surface area contributed by atoms with E-state index in [0.717, 1.165) is 23.1 Å². The maximum Gasteiger partial charge on any atom is 0.126 e. The first-order chi connectivity index (χ1) is 9.78. The SMILES string of the molecule is COc1ccc(Cc2ccc(F)cc2)c2ccccc12. The van der Waals surface area contributed by atoms with E-state index in [2.05, 4.69) is 18.2 Å². The molecule has 0 saturated carbocycles. The highest BCUT2D eigenvalue weighted by Gasteiger charge is 2.06. The van der Waals surface area contributed by atoms with Crippen LogP contribution in [0.3, 0.4) is 0 Å². The molecule has 20 heavy (non-hydrogen) atoms. The fourth-order valence-electron chi connectivity index (χ4n) is 2.49. The van der Waals surface area contributed by atoms with Gasteiger partial charge in [0.25, 0.3) is 0 Å². The normalized spacial score (nSPS) is 10.7. The Bertz CT molecular complexity index is 732. The molecule has 0 fully saturated rings. The van der Waals surface area contributed by atoms with E-state index >= 15 is 0 Å². The van der Waals surface area contributed by atoms with Crippen molar-refractivity contribution in [2.45, 2.75) is 6.42 Å². The first-order valence-corrected chi connectivity index (χ1v) is 6.57. The monoisotopic (exact) mass is 266 g/mol. The van der Waals surface area contributed by atoms with Gasteiger partial charge in [-0.15, -0.1) is 0 Å². The van der Waals surface area contributed by atoms with Gasteiger partial charge in [0.05, 0.1) is 7.11 Å². The molecule has 0 bridgehead atoms. The highest BCUT2D eigenvalue weighted by Crippen LogP contribution is 2.29. The van der Waals surface area contributed by atoms with Crippen LogP contribution in [-0.2, 0) is 6.42 Å². The van der Waals surface area contributed by atoms with Gasteiger partial charge in [-0.2, -0.15) is 0 Å². The minimum absolute atomic E-state index is 0.201. The maximum absolute atomic E-state index is 13.0. The van der Waals surface area contributed by atoms with Crippen LogP contribution in [0.25, 0.3) is 10.8 Å². The minimum atomic E-state index is -0.201. The summed E-state index contributed by atoms with van der Waals surface area (Å²) < 4.78 is 18.4. The number of ether oxygens (including phenoxy) is 1. The molecule has 0 saturated heterocycles. The second-order valence-electron chi connectivity index (χ2n) is 4.78. The van der Waals surface area contributed by atoms with Crippen molar-refractivity contribution in [3.8, 4) is 5.75 Å². The summed E-state index contributed by atoms with van der Waals surface area (Å²) in [5.41, 5.74) is 2.31. The molecule has 0 amide bonds. The van der Waals surface area contributed by atoms with E-state index in [1.807, 2.05) is 30.3 Å². The first kappa shape index (κ1) is 12.7. The Morgan fingerprint density at radius 2 is 1.55 bits per heavy atom. The lowest BCUT2D eigenvalue weighted by Gasteiger charge is -2.10. The third kappa shape index (κ3) is 2.37. The van der Waals surface area contributed by atoms with Gasteiger partial charge in [0.2, 0.25) is 0 Å². The van der Waals surface area contributed by atoms with E-state index in [9.17, 15) is 4.39 Å². The van der Waals surface area contributed by atoms with E-state index in [4.69, 9.17) is 4.74 Å². The van der Waals surface area contributed by atoms with Crippen molar-refractivity contribution in [1.29, 1.82) is 0 Å². The zero-order valence-corrected chi connectivity index (χ0v) is 11.3. The number of hydrogen-bond donors (Lipinski definition) is 0. The quantitative estimate of drug-likeness (QED) is 0.674. The van der Waals surface area contributed by atoms with Crippen LogP contribution in [0, 0.1) is 5.82 Å². The standard InChI is InChI=1S/C18H15FO/c1-20-18-11-8-14(16-4-2-3-5-17(16)18)12-13-6-9-15(19)10-7-13/h2-11H,12H2,1H3. The summed E-state index contributed by atoms with van der Waals surface area (Å²) in [4.78, 5) is 0. The molecule has 3 aromatic carbocycles. The van der Waals surface area contributed by atoms with Gasteiger partial charge >= 0.3 is 0 Å². The molecule has 100 valence electrons. The highest BCUT2D eigenvalue weighted by molar-refractivity contribution is 5.91. The first-order valence-electron chi connectivity index (χ1n) is 6.57. The van der Waals surface area contributed by atoms with Crippen LogP contribution < -0.4 is 4.74 Å². The molecule has 3 rings (SSSR count). The summed E-state index contributed by atoms with van der Waals surface area (Å²) in [7, 11) is 1.68. The molecule has 0 N–H and O–H groups in total. The zero-order chi connectivity index (χ0) is 13.9. The predicted octanol–water partition coefficient (Wildman–Crippen LogP) is 4.58. The van der Waals surface area contributed by atoms with Crippen LogP contribution in [0.5, 0.6) is 5.75 Å². The topological polar surface area (TPSA) is 9.23 Å². The largest absolute Gasteiger partial charge is 0.496 e. The summed E-state index contributed by atoms with van der Waals surface area (Å²) in [6.07, 6.45) is 0.783. The van der Waals surface area contributed by atoms with Gasteiger partial charge in [0.15, 0.2) is 0 Å². The van der Waals surface area contributed by atoms with Crippen LogP contribution in [-0.4, -0.2) is 7.11 Å². The Balaban J connectivity index is 2.06. The Kier molecular flexibility index (Phi) is 3.38.